The molecule has 35 heavy (non-hydrogen) atoms. The standard InChI is InChI=1S/C26H30N2O6S/c1-32-21-10-12-22(13-11-21)35(30,31)28-23(17-19-7-5-4-6-8-19)26(29)27-16-15-20-9-14-24(33-2)25(18-20)34-3/h4-14,18,23,28H,15-17H2,1-3H3,(H,27,29). The number of nitrogens with one attached hydrogen (secondary N) is 2. The molecule has 3 aromatic rings. The first-order valence-corrected chi connectivity index (χ1v) is 12.5. The molecule has 0 heterocycles. The molecule has 0 aliphatic rings. The highest BCUT2D eigenvalue weighted by molar-refractivity contribution is 7.89. The van der Waals surface area contributed by atoms with Crippen LogP contribution < -0.4 is 24.2 Å². The van der Waals surface area contributed by atoms with Crippen LogP contribution in [0.1, 0.15) is 11.1 Å². The van der Waals surface area contributed by atoms with Crippen molar-refractivity contribution >= 4 is 15.9 Å². The molecule has 1 amide bonds. The summed E-state index contributed by atoms with van der Waals surface area (Å²) in [6, 6.07) is 19.8. The second kappa shape index (κ2) is 12.2. The summed E-state index contributed by atoms with van der Waals surface area (Å²) in [6.45, 7) is 0.323. The Morgan fingerprint density at radius 3 is 2.14 bits per heavy atom. The molecule has 1 unspecified atom stereocenters. The van der Waals surface area contributed by atoms with Crippen molar-refractivity contribution in [2.45, 2.75) is 23.8 Å². The van der Waals surface area contributed by atoms with E-state index in [2.05, 4.69) is 10.0 Å². The molecule has 0 aliphatic carbocycles. The Hall–Kier alpha value is -3.56. The number of sulfonamides is 1. The van der Waals surface area contributed by atoms with E-state index in [0.717, 1.165) is 11.1 Å². The van der Waals surface area contributed by atoms with E-state index in [4.69, 9.17) is 14.2 Å². The van der Waals surface area contributed by atoms with Crippen molar-refractivity contribution < 1.29 is 27.4 Å². The lowest BCUT2D eigenvalue weighted by atomic mass is 10.1. The van der Waals surface area contributed by atoms with Crippen LogP contribution in [0.15, 0.2) is 77.7 Å². The average molecular weight is 499 g/mol. The molecule has 0 fully saturated rings. The zero-order valence-electron chi connectivity index (χ0n) is 20.0. The van der Waals surface area contributed by atoms with E-state index in [1.54, 1.807) is 32.4 Å². The SMILES string of the molecule is COc1ccc(S(=O)(=O)NC(Cc2ccccc2)C(=O)NCCc2ccc(OC)c(OC)c2)cc1. The first kappa shape index (κ1) is 26.1. The lowest BCUT2D eigenvalue weighted by Crippen LogP contribution is -2.48. The summed E-state index contributed by atoms with van der Waals surface area (Å²) >= 11 is 0. The van der Waals surface area contributed by atoms with E-state index in [-0.39, 0.29) is 11.3 Å². The molecule has 3 rings (SSSR count). The molecule has 2 N–H and O–H groups in total. The number of rotatable bonds is 12. The van der Waals surface area contributed by atoms with Gasteiger partial charge in [0.25, 0.3) is 0 Å². The van der Waals surface area contributed by atoms with Gasteiger partial charge in [-0.3, -0.25) is 4.79 Å². The molecule has 186 valence electrons. The second-order valence-electron chi connectivity index (χ2n) is 7.77. The Kier molecular flexibility index (Phi) is 9.11. The van der Waals surface area contributed by atoms with Gasteiger partial charge in [-0.1, -0.05) is 36.4 Å². The van der Waals surface area contributed by atoms with Crippen molar-refractivity contribution in [3.8, 4) is 17.2 Å². The second-order valence-corrected chi connectivity index (χ2v) is 9.48. The maximum absolute atomic E-state index is 13.1. The van der Waals surface area contributed by atoms with Crippen LogP contribution in [0.3, 0.4) is 0 Å². The molecule has 1 atom stereocenters. The first-order chi connectivity index (χ1) is 16.9. The molecule has 3 aromatic carbocycles. The summed E-state index contributed by atoms with van der Waals surface area (Å²) < 4.78 is 44.2. The number of carbonyl (C=O) groups excluding carboxylic acids is 1. The van der Waals surface area contributed by atoms with E-state index in [1.165, 1.54) is 19.2 Å². The fraction of sp³-hybridized carbons (Fsp3) is 0.269. The van der Waals surface area contributed by atoms with Crippen LogP contribution in [0, 0.1) is 0 Å². The Labute approximate surface area is 206 Å². The summed E-state index contributed by atoms with van der Waals surface area (Å²) in [5.41, 5.74) is 1.78. The summed E-state index contributed by atoms with van der Waals surface area (Å²) in [5, 5.41) is 2.85. The summed E-state index contributed by atoms with van der Waals surface area (Å²) in [5.74, 6) is 1.35. The van der Waals surface area contributed by atoms with Crippen molar-refractivity contribution in [2.24, 2.45) is 0 Å². The first-order valence-electron chi connectivity index (χ1n) is 11.0. The molecule has 0 aromatic heterocycles. The van der Waals surface area contributed by atoms with Gasteiger partial charge in [0.15, 0.2) is 11.5 Å². The molecule has 8 nitrogen and oxygen atoms in total. The van der Waals surface area contributed by atoms with Gasteiger partial charge in [0.1, 0.15) is 11.8 Å². The van der Waals surface area contributed by atoms with E-state index in [1.807, 2.05) is 42.5 Å². The maximum atomic E-state index is 13.1. The molecule has 0 radical (unpaired) electrons. The maximum Gasteiger partial charge on any atom is 0.241 e. The minimum absolute atomic E-state index is 0.0505. The summed E-state index contributed by atoms with van der Waals surface area (Å²) in [7, 11) is 0.693. The van der Waals surface area contributed by atoms with Gasteiger partial charge in [0, 0.05) is 6.54 Å². The lowest BCUT2D eigenvalue weighted by Gasteiger charge is -2.19. The minimum Gasteiger partial charge on any atom is -0.497 e. The highest BCUT2D eigenvalue weighted by Gasteiger charge is 2.26. The lowest BCUT2D eigenvalue weighted by molar-refractivity contribution is -0.122. The fourth-order valence-corrected chi connectivity index (χ4v) is 4.73. The van der Waals surface area contributed by atoms with Gasteiger partial charge in [0.2, 0.25) is 15.9 Å². The smallest absolute Gasteiger partial charge is 0.241 e. The van der Waals surface area contributed by atoms with Gasteiger partial charge < -0.3 is 19.5 Å². The Morgan fingerprint density at radius 2 is 1.51 bits per heavy atom. The van der Waals surface area contributed by atoms with Crippen molar-refractivity contribution in [2.75, 3.05) is 27.9 Å². The van der Waals surface area contributed by atoms with E-state index in [9.17, 15) is 13.2 Å². The van der Waals surface area contributed by atoms with Crippen molar-refractivity contribution in [1.29, 1.82) is 0 Å². The zero-order valence-corrected chi connectivity index (χ0v) is 20.8. The van der Waals surface area contributed by atoms with Gasteiger partial charge in [-0.2, -0.15) is 4.72 Å². The number of methoxy groups -OCH3 is 3. The van der Waals surface area contributed by atoms with E-state index < -0.39 is 22.0 Å². The fourth-order valence-electron chi connectivity index (χ4n) is 3.54. The topological polar surface area (TPSA) is 103 Å². The molecule has 9 heteroatoms. The third kappa shape index (κ3) is 7.21. The third-order valence-corrected chi connectivity index (χ3v) is 6.91. The van der Waals surface area contributed by atoms with Gasteiger partial charge in [-0.25, -0.2) is 8.42 Å². The van der Waals surface area contributed by atoms with Gasteiger partial charge in [-0.15, -0.1) is 0 Å². The van der Waals surface area contributed by atoms with Gasteiger partial charge >= 0.3 is 0 Å². The minimum atomic E-state index is -3.94. The number of hydrogen-bond acceptors (Lipinski definition) is 6. The Balaban J connectivity index is 1.71. The van der Waals surface area contributed by atoms with Crippen LogP contribution in [-0.4, -0.2) is 48.2 Å². The molecular formula is C26H30N2O6S. The normalized spacial score (nSPS) is 12.0. The number of amides is 1. The highest BCUT2D eigenvalue weighted by Crippen LogP contribution is 2.27. The van der Waals surface area contributed by atoms with Crippen LogP contribution >= 0.6 is 0 Å². The van der Waals surface area contributed by atoms with Crippen LogP contribution in [0.5, 0.6) is 17.2 Å². The summed E-state index contributed by atoms with van der Waals surface area (Å²) in [6.07, 6.45) is 0.744. The monoisotopic (exact) mass is 498 g/mol. The third-order valence-electron chi connectivity index (χ3n) is 5.43. The van der Waals surface area contributed by atoms with E-state index in [0.29, 0.717) is 30.2 Å². The molecule has 0 bridgehead atoms. The average Bonchev–Trinajstić information content (AvgIpc) is 2.88. The Morgan fingerprint density at radius 1 is 0.829 bits per heavy atom. The van der Waals surface area contributed by atoms with Gasteiger partial charge in [0.05, 0.1) is 26.2 Å². The molecule has 0 saturated heterocycles. The number of hydrogen-bond donors (Lipinski definition) is 2. The number of ether oxygens (including phenoxy) is 3. The van der Waals surface area contributed by atoms with Gasteiger partial charge in [-0.05, 0) is 60.4 Å². The quantitative estimate of drug-likeness (QED) is 0.398. The van der Waals surface area contributed by atoms with Crippen LogP contribution in [-0.2, 0) is 27.7 Å². The number of benzene rings is 3. The van der Waals surface area contributed by atoms with Crippen LogP contribution in [0.2, 0.25) is 0 Å². The van der Waals surface area contributed by atoms with Crippen molar-refractivity contribution in [3.05, 3.63) is 83.9 Å². The molecule has 0 spiro atoms. The van der Waals surface area contributed by atoms with Crippen molar-refractivity contribution in [3.63, 3.8) is 0 Å². The van der Waals surface area contributed by atoms with E-state index >= 15 is 0 Å². The van der Waals surface area contributed by atoms with Crippen molar-refractivity contribution in [1.82, 2.24) is 10.0 Å². The van der Waals surface area contributed by atoms with Crippen LogP contribution in [0.25, 0.3) is 0 Å². The highest BCUT2D eigenvalue weighted by atomic mass is 32.2. The predicted molar refractivity (Wildman–Crippen MR) is 134 cm³/mol. The Bertz CT molecular complexity index is 1210. The molecule has 0 saturated carbocycles. The molecular weight excluding hydrogens is 468 g/mol. The summed E-state index contributed by atoms with van der Waals surface area (Å²) in [4.78, 5) is 13.1. The number of carbonyl (C=O) groups is 1. The zero-order chi connectivity index (χ0) is 25.3. The largest absolute Gasteiger partial charge is 0.497 e. The predicted octanol–water partition coefficient (Wildman–Crippen LogP) is 2.96. The molecule has 0 aliphatic heterocycles. The van der Waals surface area contributed by atoms with Crippen LogP contribution in [0.4, 0.5) is 0 Å².